The maximum absolute atomic E-state index is 11.0. The zero-order valence-corrected chi connectivity index (χ0v) is 11.8. The highest BCUT2D eigenvalue weighted by atomic mass is 16.7. The Morgan fingerprint density at radius 3 is 2.11 bits per heavy atom. The molecule has 1 unspecified atom stereocenters. The van der Waals surface area contributed by atoms with Gasteiger partial charge in [0, 0.05) is 26.2 Å². The quantitative estimate of drug-likeness (QED) is 0.783. The first-order valence-corrected chi connectivity index (χ1v) is 6.55. The number of rotatable bonds is 5. The van der Waals surface area contributed by atoms with E-state index in [0.29, 0.717) is 6.54 Å². The zero-order valence-electron chi connectivity index (χ0n) is 11.8. The van der Waals surface area contributed by atoms with E-state index in [1.807, 2.05) is 12.1 Å². The summed E-state index contributed by atoms with van der Waals surface area (Å²) in [4.78, 5) is 0. The normalized spacial score (nSPS) is 20.3. The molecule has 0 spiro atoms. The molecule has 0 saturated carbocycles. The summed E-state index contributed by atoms with van der Waals surface area (Å²) in [7, 11) is 3.07. The summed E-state index contributed by atoms with van der Waals surface area (Å²) in [6.07, 6.45) is 0.802. The Bertz CT molecular complexity index is 416. The van der Waals surface area contributed by atoms with Gasteiger partial charge < -0.3 is 20.3 Å². The summed E-state index contributed by atoms with van der Waals surface area (Å²) in [6, 6.07) is 8.23. The predicted molar refractivity (Wildman–Crippen MR) is 73.8 cm³/mol. The third kappa shape index (κ3) is 2.19. The van der Waals surface area contributed by atoms with Gasteiger partial charge in [-0.3, -0.25) is 0 Å². The monoisotopic (exact) mass is 265 g/mol. The van der Waals surface area contributed by atoms with Crippen molar-refractivity contribution in [2.75, 3.05) is 20.8 Å². The molecule has 0 heterocycles. The number of ether oxygens (including phenoxy) is 2. The number of hydrogen-bond acceptors (Lipinski definition) is 4. The summed E-state index contributed by atoms with van der Waals surface area (Å²) in [6.45, 7) is 2.14. The van der Waals surface area contributed by atoms with E-state index in [9.17, 15) is 5.11 Å². The van der Waals surface area contributed by atoms with Crippen molar-refractivity contribution in [2.24, 2.45) is 11.1 Å². The van der Waals surface area contributed by atoms with Crippen LogP contribution in [0.5, 0.6) is 0 Å². The summed E-state index contributed by atoms with van der Waals surface area (Å²) in [5.41, 5.74) is 6.91. The summed E-state index contributed by atoms with van der Waals surface area (Å²) in [5.74, 6) is 0. The number of nitrogens with two attached hydrogens (primary N) is 1. The van der Waals surface area contributed by atoms with Gasteiger partial charge in [-0.1, -0.05) is 24.3 Å². The molecule has 106 valence electrons. The lowest BCUT2D eigenvalue weighted by molar-refractivity contribution is -0.248. The van der Waals surface area contributed by atoms with Crippen molar-refractivity contribution in [3.63, 3.8) is 0 Å². The van der Waals surface area contributed by atoms with Crippen molar-refractivity contribution in [1.82, 2.24) is 0 Å². The van der Waals surface area contributed by atoms with Crippen LogP contribution in [0.3, 0.4) is 0 Å². The molecule has 4 nitrogen and oxygen atoms in total. The van der Waals surface area contributed by atoms with Crippen LogP contribution < -0.4 is 5.73 Å². The van der Waals surface area contributed by atoms with Gasteiger partial charge in [0.25, 0.3) is 0 Å². The fraction of sp³-hybridized carbons (Fsp3) is 0.600. The standard InChI is InChI=1S/C15H23NO3/c1-14(17,13(18-2)19-3)15(10-16)8-11-6-4-5-7-12(11)9-15/h4-7,13,17H,8-10,16H2,1-3H3. The zero-order chi connectivity index (χ0) is 14.1. The van der Waals surface area contributed by atoms with E-state index in [-0.39, 0.29) is 0 Å². The van der Waals surface area contributed by atoms with E-state index in [0.717, 1.165) is 12.8 Å². The van der Waals surface area contributed by atoms with Crippen LogP contribution in [-0.4, -0.2) is 37.8 Å². The van der Waals surface area contributed by atoms with E-state index < -0.39 is 17.3 Å². The maximum atomic E-state index is 11.0. The van der Waals surface area contributed by atoms with Crippen molar-refractivity contribution < 1.29 is 14.6 Å². The highest BCUT2D eigenvalue weighted by molar-refractivity contribution is 5.36. The Kier molecular flexibility index (Phi) is 3.97. The smallest absolute Gasteiger partial charge is 0.185 e. The molecule has 0 fully saturated rings. The Morgan fingerprint density at radius 2 is 1.74 bits per heavy atom. The molecular weight excluding hydrogens is 242 g/mol. The lowest BCUT2D eigenvalue weighted by Crippen LogP contribution is -2.59. The highest BCUT2D eigenvalue weighted by Crippen LogP contribution is 2.46. The number of methoxy groups -OCH3 is 2. The molecule has 3 N–H and O–H groups in total. The lowest BCUT2D eigenvalue weighted by Gasteiger charge is -2.45. The average molecular weight is 265 g/mol. The van der Waals surface area contributed by atoms with Crippen molar-refractivity contribution >= 4 is 0 Å². The van der Waals surface area contributed by atoms with E-state index >= 15 is 0 Å². The molecule has 4 heteroatoms. The highest BCUT2D eigenvalue weighted by Gasteiger charge is 2.54. The van der Waals surface area contributed by atoms with Crippen LogP contribution in [0.2, 0.25) is 0 Å². The van der Waals surface area contributed by atoms with Gasteiger partial charge >= 0.3 is 0 Å². The molecule has 0 saturated heterocycles. The average Bonchev–Trinajstić information content (AvgIpc) is 2.80. The van der Waals surface area contributed by atoms with Crippen LogP contribution in [0.15, 0.2) is 24.3 Å². The molecule has 19 heavy (non-hydrogen) atoms. The number of aliphatic hydroxyl groups is 1. The molecule has 0 radical (unpaired) electrons. The molecule has 2 rings (SSSR count). The van der Waals surface area contributed by atoms with Crippen molar-refractivity contribution in [1.29, 1.82) is 0 Å². The van der Waals surface area contributed by atoms with Crippen LogP contribution in [-0.2, 0) is 22.3 Å². The number of benzene rings is 1. The van der Waals surface area contributed by atoms with Crippen molar-refractivity contribution in [3.05, 3.63) is 35.4 Å². The summed E-state index contributed by atoms with van der Waals surface area (Å²) >= 11 is 0. The van der Waals surface area contributed by atoms with Gasteiger partial charge in [0.1, 0.15) is 5.60 Å². The Hall–Kier alpha value is -0.940. The first-order chi connectivity index (χ1) is 9.00. The molecule has 1 aliphatic carbocycles. The Labute approximate surface area is 114 Å². The van der Waals surface area contributed by atoms with Crippen LogP contribution in [0.4, 0.5) is 0 Å². The first-order valence-electron chi connectivity index (χ1n) is 6.55. The third-order valence-electron chi connectivity index (χ3n) is 4.53. The van der Waals surface area contributed by atoms with Gasteiger partial charge in [-0.25, -0.2) is 0 Å². The summed E-state index contributed by atoms with van der Waals surface area (Å²) in [5, 5.41) is 11.0. The minimum absolute atomic E-state index is 0.387. The SMILES string of the molecule is COC(OC)C(C)(O)C1(CN)Cc2ccccc2C1. The van der Waals surface area contributed by atoms with E-state index in [4.69, 9.17) is 15.2 Å². The summed E-state index contributed by atoms with van der Waals surface area (Å²) < 4.78 is 10.5. The fourth-order valence-corrected chi connectivity index (χ4v) is 3.21. The molecule has 0 amide bonds. The second kappa shape index (κ2) is 5.21. The van der Waals surface area contributed by atoms with Crippen LogP contribution in [0, 0.1) is 5.41 Å². The van der Waals surface area contributed by atoms with Crippen LogP contribution in [0.25, 0.3) is 0 Å². The predicted octanol–water partition coefficient (Wildman–Crippen LogP) is 1.10. The van der Waals surface area contributed by atoms with Gasteiger partial charge in [-0.05, 0) is 30.9 Å². The fourth-order valence-electron chi connectivity index (χ4n) is 3.21. The van der Waals surface area contributed by atoms with E-state index in [1.165, 1.54) is 25.3 Å². The van der Waals surface area contributed by atoms with E-state index in [1.54, 1.807) is 6.92 Å². The molecule has 1 aromatic carbocycles. The molecule has 0 aliphatic heterocycles. The second-order valence-corrected chi connectivity index (χ2v) is 5.56. The van der Waals surface area contributed by atoms with Crippen molar-refractivity contribution in [2.45, 2.75) is 31.7 Å². The Balaban J connectivity index is 2.36. The minimum atomic E-state index is -1.15. The van der Waals surface area contributed by atoms with Crippen LogP contribution in [0.1, 0.15) is 18.1 Å². The van der Waals surface area contributed by atoms with Crippen LogP contribution >= 0.6 is 0 Å². The van der Waals surface area contributed by atoms with Crippen molar-refractivity contribution in [3.8, 4) is 0 Å². The second-order valence-electron chi connectivity index (χ2n) is 5.56. The number of hydrogen-bond donors (Lipinski definition) is 2. The van der Waals surface area contributed by atoms with Gasteiger partial charge in [-0.15, -0.1) is 0 Å². The largest absolute Gasteiger partial charge is 0.384 e. The topological polar surface area (TPSA) is 64.7 Å². The molecule has 1 aromatic rings. The lowest BCUT2D eigenvalue weighted by atomic mass is 9.69. The maximum Gasteiger partial charge on any atom is 0.185 e. The molecule has 1 aliphatic rings. The minimum Gasteiger partial charge on any atom is -0.384 e. The van der Waals surface area contributed by atoms with Gasteiger partial charge in [0.2, 0.25) is 0 Å². The molecular formula is C15H23NO3. The van der Waals surface area contributed by atoms with Gasteiger partial charge in [0.15, 0.2) is 6.29 Å². The Morgan fingerprint density at radius 1 is 1.26 bits per heavy atom. The van der Waals surface area contributed by atoms with E-state index in [2.05, 4.69) is 12.1 Å². The van der Waals surface area contributed by atoms with Gasteiger partial charge in [-0.2, -0.15) is 0 Å². The molecule has 1 atom stereocenters. The van der Waals surface area contributed by atoms with Gasteiger partial charge in [0.05, 0.1) is 0 Å². The first kappa shape index (κ1) is 14.5. The molecule has 0 aromatic heterocycles. The molecule has 0 bridgehead atoms. The third-order valence-corrected chi connectivity index (χ3v) is 4.53. The number of fused-ring (bicyclic) bond motifs is 1.